The first-order chi connectivity index (χ1) is 8.68. The van der Waals surface area contributed by atoms with Gasteiger partial charge in [-0.25, -0.2) is 0 Å². The Kier molecular flexibility index (Phi) is 4.17. The predicted octanol–water partition coefficient (Wildman–Crippen LogP) is 0.893. The molecule has 1 atom stereocenters. The second-order valence-corrected chi connectivity index (χ2v) is 4.36. The van der Waals surface area contributed by atoms with E-state index in [0.29, 0.717) is 25.3 Å². The Labute approximate surface area is 106 Å². The summed E-state index contributed by atoms with van der Waals surface area (Å²) in [6, 6.07) is 6.61. The highest BCUT2D eigenvalue weighted by molar-refractivity contribution is 5.77. The van der Waals surface area contributed by atoms with Crippen molar-refractivity contribution in [2.75, 3.05) is 32.8 Å². The molecule has 2 rings (SSSR count). The Morgan fingerprint density at radius 2 is 2.00 bits per heavy atom. The average molecular weight is 251 g/mol. The molecule has 1 aromatic carbocycles. The number of morpholine rings is 1. The monoisotopic (exact) mass is 251 g/mol. The molecule has 18 heavy (non-hydrogen) atoms. The molecule has 0 saturated carbocycles. The van der Waals surface area contributed by atoms with Crippen molar-refractivity contribution in [1.82, 2.24) is 4.90 Å². The fourth-order valence-electron chi connectivity index (χ4n) is 2.13. The normalized spacial score (nSPS) is 18.4. The number of rotatable bonds is 4. The van der Waals surface area contributed by atoms with Gasteiger partial charge in [-0.1, -0.05) is 18.2 Å². The third kappa shape index (κ3) is 3.00. The van der Waals surface area contributed by atoms with E-state index in [2.05, 4.69) is 4.90 Å². The Hall–Kier alpha value is -1.59. The van der Waals surface area contributed by atoms with Crippen molar-refractivity contribution in [2.45, 2.75) is 5.92 Å². The lowest BCUT2D eigenvalue weighted by Crippen LogP contribution is -2.40. The summed E-state index contributed by atoms with van der Waals surface area (Å²) < 4.78 is 5.23. The Morgan fingerprint density at radius 3 is 2.61 bits per heavy atom. The Morgan fingerprint density at radius 1 is 1.33 bits per heavy atom. The SMILES string of the molecule is O=C(O)C(CN1CCOCC1)c1ccccc1O. The number of aliphatic carboxylic acids is 1. The number of phenols is 1. The predicted molar refractivity (Wildman–Crippen MR) is 65.7 cm³/mol. The molecule has 1 saturated heterocycles. The van der Waals surface area contributed by atoms with Crippen LogP contribution in [0.5, 0.6) is 5.75 Å². The van der Waals surface area contributed by atoms with Gasteiger partial charge in [0, 0.05) is 25.2 Å². The number of carboxylic acid groups (broad SMARTS) is 1. The molecule has 98 valence electrons. The number of nitrogens with zero attached hydrogens (tertiary/aromatic N) is 1. The summed E-state index contributed by atoms with van der Waals surface area (Å²) in [5.74, 6) is -1.58. The van der Waals surface area contributed by atoms with Crippen LogP contribution in [0.1, 0.15) is 11.5 Å². The number of para-hydroxylation sites is 1. The summed E-state index contributed by atoms with van der Waals surface area (Å²) in [4.78, 5) is 13.4. The van der Waals surface area contributed by atoms with Crippen LogP contribution in [0.2, 0.25) is 0 Å². The van der Waals surface area contributed by atoms with Gasteiger partial charge in [-0.15, -0.1) is 0 Å². The van der Waals surface area contributed by atoms with Crippen molar-refractivity contribution in [1.29, 1.82) is 0 Å². The number of phenolic OH excluding ortho intramolecular Hbond substituents is 1. The third-order valence-electron chi connectivity index (χ3n) is 3.15. The van der Waals surface area contributed by atoms with Crippen LogP contribution < -0.4 is 0 Å². The van der Waals surface area contributed by atoms with Gasteiger partial charge in [0.05, 0.1) is 19.1 Å². The molecule has 1 unspecified atom stereocenters. The number of ether oxygens (including phenoxy) is 1. The van der Waals surface area contributed by atoms with Gasteiger partial charge in [0.1, 0.15) is 5.75 Å². The molecule has 1 fully saturated rings. The van der Waals surface area contributed by atoms with E-state index in [1.807, 2.05) is 0 Å². The van der Waals surface area contributed by atoms with E-state index in [0.717, 1.165) is 13.1 Å². The van der Waals surface area contributed by atoms with Crippen LogP contribution >= 0.6 is 0 Å². The van der Waals surface area contributed by atoms with E-state index in [-0.39, 0.29) is 5.75 Å². The van der Waals surface area contributed by atoms with Crippen LogP contribution in [0, 0.1) is 0 Å². The van der Waals surface area contributed by atoms with Gasteiger partial charge in [0.15, 0.2) is 0 Å². The standard InChI is InChI=1S/C13H17NO4/c15-12-4-2-1-3-10(12)11(13(16)17)9-14-5-7-18-8-6-14/h1-4,11,15H,5-9H2,(H,16,17). The van der Waals surface area contributed by atoms with Gasteiger partial charge < -0.3 is 14.9 Å². The Bertz CT molecular complexity index is 415. The summed E-state index contributed by atoms with van der Waals surface area (Å²) in [7, 11) is 0. The van der Waals surface area contributed by atoms with Crippen molar-refractivity contribution in [2.24, 2.45) is 0 Å². The summed E-state index contributed by atoms with van der Waals surface area (Å²) in [6.07, 6.45) is 0. The van der Waals surface area contributed by atoms with Crippen molar-refractivity contribution >= 4 is 5.97 Å². The molecule has 0 aliphatic carbocycles. The molecule has 5 heteroatoms. The lowest BCUT2D eigenvalue weighted by Gasteiger charge is -2.29. The van der Waals surface area contributed by atoms with Crippen molar-refractivity contribution in [3.8, 4) is 5.75 Å². The quantitative estimate of drug-likeness (QED) is 0.831. The molecule has 0 aromatic heterocycles. The first-order valence-corrected chi connectivity index (χ1v) is 5.99. The molecule has 1 aliphatic heterocycles. The number of hydrogen-bond donors (Lipinski definition) is 2. The minimum Gasteiger partial charge on any atom is -0.508 e. The van der Waals surface area contributed by atoms with Gasteiger partial charge in [-0.2, -0.15) is 0 Å². The van der Waals surface area contributed by atoms with Crippen LogP contribution in [0.25, 0.3) is 0 Å². The summed E-state index contributed by atoms with van der Waals surface area (Å²) >= 11 is 0. The number of carbonyl (C=O) groups is 1. The molecule has 0 spiro atoms. The van der Waals surface area contributed by atoms with Crippen molar-refractivity contribution in [3.05, 3.63) is 29.8 Å². The van der Waals surface area contributed by atoms with Crippen LogP contribution in [0.3, 0.4) is 0 Å². The first kappa shape index (κ1) is 12.9. The maximum atomic E-state index is 11.4. The smallest absolute Gasteiger partial charge is 0.312 e. The number of aromatic hydroxyl groups is 1. The molecule has 1 heterocycles. The second-order valence-electron chi connectivity index (χ2n) is 4.36. The van der Waals surface area contributed by atoms with E-state index in [9.17, 15) is 15.0 Å². The van der Waals surface area contributed by atoms with E-state index < -0.39 is 11.9 Å². The molecular formula is C13H17NO4. The topological polar surface area (TPSA) is 70.0 Å². The van der Waals surface area contributed by atoms with E-state index in [1.165, 1.54) is 6.07 Å². The zero-order valence-corrected chi connectivity index (χ0v) is 10.1. The van der Waals surface area contributed by atoms with E-state index >= 15 is 0 Å². The average Bonchev–Trinajstić information content (AvgIpc) is 2.38. The minimum atomic E-state index is -0.914. The molecule has 1 aromatic rings. The maximum Gasteiger partial charge on any atom is 0.312 e. The number of hydrogen-bond acceptors (Lipinski definition) is 4. The largest absolute Gasteiger partial charge is 0.508 e. The highest BCUT2D eigenvalue weighted by atomic mass is 16.5. The van der Waals surface area contributed by atoms with E-state index in [4.69, 9.17) is 4.74 Å². The van der Waals surface area contributed by atoms with Gasteiger partial charge in [-0.3, -0.25) is 9.69 Å². The van der Waals surface area contributed by atoms with Gasteiger partial charge >= 0.3 is 5.97 Å². The van der Waals surface area contributed by atoms with Crippen molar-refractivity contribution in [3.63, 3.8) is 0 Å². The van der Waals surface area contributed by atoms with Gasteiger partial charge in [-0.05, 0) is 6.07 Å². The molecule has 1 aliphatic rings. The lowest BCUT2D eigenvalue weighted by atomic mass is 9.97. The molecule has 5 nitrogen and oxygen atoms in total. The molecular weight excluding hydrogens is 234 g/mol. The highest BCUT2D eigenvalue weighted by Gasteiger charge is 2.26. The van der Waals surface area contributed by atoms with Crippen LogP contribution in [-0.2, 0) is 9.53 Å². The van der Waals surface area contributed by atoms with Gasteiger partial charge in [0.2, 0.25) is 0 Å². The summed E-state index contributed by atoms with van der Waals surface area (Å²) in [5.41, 5.74) is 0.469. The maximum absolute atomic E-state index is 11.4. The minimum absolute atomic E-state index is 0.0400. The third-order valence-corrected chi connectivity index (χ3v) is 3.15. The second kappa shape index (κ2) is 5.84. The van der Waals surface area contributed by atoms with Crippen molar-refractivity contribution < 1.29 is 19.7 Å². The van der Waals surface area contributed by atoms with E-state index in [1.54, 1.807) is 18.2 Å². The highest BCUT2D eigenvalue weighted by Crippen LogP contribution is 2.26. The fraction of sp³-hybridized carbons (Fsp3) is 0.462. The fourth-order valence-corrected chi connectivity index (χ4v) is 2.13. The first-order valence-electron chi connectivity index (χ1n) is 5.99. The zero-order valence-electron chi connectivity index (χ0n) is 10.1. The summed E-state index contributed by atoms with van der Waals surface area (Å²) in [5, 5.41) is 19.1. The van der Waals surface area contributed by atoms with Crippen LogP contribution in [0.4, 0.5) is 0 Å². The van der Waals surface area contributed by atoms with Gasteiger partial charge in [0.25, 0.3) is 0 Å². The van der Waals surface area contributed by atoms with Crippen LogP contribution in [0.15, 0.2) is 24.3 Å². The summed E-state index contributed by atoms with van der Waals surface area (Å²) in [6.45, 7) is 3.13. The molecule has 0 radical (unpaired) electrons. The Balaban J connectivity index is 2.13. The van der Waals surface area contributed by atoms with Crippen LogP contribution in [-0.4, -0.2) is 53.9 Å². The number of carboxylic acids is 1. The zero-order chi connectivity index (χ0) is 13.0. The number of benzene rings is 1. The lowest BCUT2D eigenvalue weighted by molar-refractivity contribution is -0.139. The molecule has 0 amide bonds. The molecule has 2 N–H and O–H groups in total. The molecule has 0 bridgehead atoms.